The van der Waals surface area contributed by atoms with Crippen LogP contribution in [0.25, 0.3) is 0 Å². The zero-order valence-electron chi connectivity index (χ0n) is 99.6. The first kappa shape index (κ1) is 116. The fourth-order valence-corrected chi connectivity index (χ4v) is 24.4. The zero-order chi connectivity index (χ0) is 109. The highest BCUT2D eigenvalue weighted by molar-refractivity contribution is 5.49. The highest BCUT2D eigenvalue weighted by Gasteiger charge is 2.51. The summed E-state index contributed by atoms with van der Waals surface area (Å²) < 4.78 is 48.9. The van der Waals surface area contributed by atoms with Crippen molar-refractivity contribution < 1.29 is 12.9 Å². The molecule has 2 heteroatoms. The van der Waals surface area contributed by atoms with Crippen molar-refractivity contribution in [2.24, 2.45) is 59.6 Å². The van der Waals surface area contributed by atoms with Gasteiger partial charge < -0.3 is 0 Å². The molecular weight excluding hydrogens is 1740 g/mol. The van der Waals surface area contributed by atoms with Crippen LogP contribution in [0.1, 0.15) is 453 Å². The highest BCUT2D eigenvalue weighted by atomic mass is 19.3. The normalized spacial score (nSPS) is 17.5. The second-order valence-electron chi connectivity index (χ2n) is 51.7. The number of hydrogen-bond donors (Lipinski definition) is 0. The average Bonchev–Trinajstić information content (AvgIpc) is 0.741. The predicted octanol–water partition coefficient (Wildman–Crippen LogP) is 43.5. The molecule has 5 aliphatic rings. The van der Waals surface area contributed by atoms with Crippen LogP contribution in [0.4, 0.5) is 8.78 Å². The van der Waals surface area contributed by atoms with E-state index in [9.17, 15) is 8.78 Å². The monoisotopic (exact) mass is 1950 g/mol. The Morgan fingerprint density at radius 3 is 0.535 bits per heavy atom. The maximum absolute atomic E-state index is 13.0. The zero-order valence-corrected chi connectivity index (χ0v) is 96.6. The molecule has 16 rings (SSSR count). The molecule has 0 atom stereocenters. The fraction of sp³-hybridized carbons (Fsp3) is 0.535. The quantitative estimate of drug-likeness (QED) is 0.0852. The molecular formula is C142H202F2. The maximum atomic E-state index is 13.0. The second kappa shape index (κ2) is 51.9. The van der Waals surface area contributed by atoms with Crippen molar-refractivity contribution in [2.75, 3.05) is 0 Å². The molecule has 0 saturated heterocycles. The standard InChI is InChI=1S/C23H24.C21H26.3C18H22.C13H26.2C11H22.C9H16F2/c1-22(2,19-13-7-4-8-14-19)23(3,20-15-9-5-10-16-20)21-17-11-6-12-18-21;1-20(16-10-5-11-17-20)21(2,18-12-6-3-7-13-18)19-14-8-4-9-15-19;3*1-17(2,3)18(4,15-11-7-5-8-12-15)16-13-9-6-10-14-16;1-5-12(3,6-2)13(4)10-8-7-9-11-13;2*1-10(2,3)11(4)8-6-5-7-9-11;1-8(9(2,10)11)6-4-3-5-7-8/h4-18H,1-3H3;3-4,6-9,12-15H,5,10-11,16-17H2,1-2H3;3*5-14H,1-4H3;5-11H2,1-4H3;2*5-9H2,1-4H3;3-7H2,1-2H3/i;;;;;;1D3;;. The smallest absolute Gasteiger partial charge is 0.207 e. The minimum Gasteiger partial charge on any atom is -0.207 e. The number of rotatable bonds is 17. The molecule has 0 radical (unpaired) electrons. The highest BCUT2D eigenvalue weighted by Crippen LogP contribution is 2.59. The molecule has 0 heterocycles. The Hall–Kier alpha value is -8.72. The Kier molecular flexibility index (Phi) is 41.7. The van der Waals surface area contributed by atoms with Gasteiger partial charge in [0.15, 0.2) is 0 Å². The van der Waals surface area contributed by atoms with Crippen molar-refractivity contribution in [1.29, 1.82) is 0 Å². The summed E-state index contributed by atoms with van der Waals surface area (Å²) in [4.78, 5) is 0. The molecule has 5 saturated carbocycles. The molecule has 5 fully saturated rings. The largest absolute Gasteiger partial charge is 0.250 e. The van der Waals surface area contributed by atoms with Crippen molar-refractivity contribution in [3.8, 4) is 0 Å². The van der Waals surface area contributed by atoms with Crippen LogP contribution in [-0.4, -0.2) is 5.92 Å². The first-order valence-electron chi connectivity index (χ1n) is 57.8. The van der Waals surface area contributed by atoms with Crippen molar-refractivity contribution >= 4 is 0 Å². The summed E-state index contributed by atoms with van der Waals surface area (Å²) in [5.74, 6) is -2.49. The lowest BCUT2D eigenvalue weighted by atomic mass is 9.54. The summed E-state index contributed by atoms with van der Waals surface area (Å²) in [7, 11) is 0. The topological polar surface area (TPSA) is 0 Å². The van der Waals surface area contributed by atoms with Gasteiger partial charge in [-0.05, 0) is 186 Å². The van der Waals surface area contributed by atoms with Gasteiger partial charge in [-0.1, -0.05) is 650 Å². The molecule has 0 unspecified atom stereocenters. The SMILES string of the molecule is CC(C)(C)C(C)(c1ccccc1)c1ccccc1.CC(C)(C)C(C)(c1ccccc1)c1ccccc1.CC(C)(C)C(C)(c1ccccc1)c1ccccc1.CC(C)(C)C1(C)CCCCC1.CC(C)(c1ccccc1)C(C)(c1ccccc1)c1ccccc1.CC(F)(F)C1(C)CCCCC1.CC1(C(C)(c2ccccc2)c2ccccc2)CCCCC1.CCC(C)(CC)C1(C)CCCCC1.[2H]C([2H])([2H])C(C)(C)C1(C)CCCCC1. The second-order valence-corrected chi connectivity index (χ2v) is 51.7. The first-order valence-corrected chi connectivity index (χ1v) is 56.3. The molecule has 144 heavy (non-hydrogen) atoms. The third-order valence-electron chi connectivity index (χ3n) is 39.1. The summed E-state index contributed by atoms with van der Waals surface area (Å²) in [6.45, 7) is 66.2. The maximum Gasteiger partial charge on any atom is 0.250 e. The van der Waals surface area contributed by atoms with Crippen molar-refractivity contribution in [3.63, 3.8) is 0 Å². The fourth-order valence-electron chi connectivity index (χ4n) is 24.4. The molecule has 784 valence electrons. The van der Waals surface area contributed by atoms with Crippen LogP contribution >= 0.6 is 0 Å². The molecule has 11 aromatic rings. The van der Waals surface area contributed by atoms with Gasteiger partial charge in [0.05, 0.1) is 0 Å². The van der Waals surface area contributed by atoms with Gasteiger partial charge in [0.1, 0.15) is 0 Å². The lowest BCUT2D eigenvalue weighted by Crippen LogP contribution is -2.43. The number of hydrogen-bond acceptors (Lipinski definition) is 0. The van der Waals surface area contributed by atoms with Gasteiger partial charge in [0.2, 0.25) is 0 Å². The molecule has 0 bridgehead atoms. The summed E-state index contributed by atoms with van der Waals surface area (Å²) in [5, 5.41) is 0. The Bertz CT molecular complexity index is 5000. The predicted molar refractivity (Wildman–Crippen MR) is 629 cm³/mol. The minimum atomic E-state index is -2.49. The molecule has 0 aliphatic heterocycles. The summed E-state index contributed by atoms with van der Waals surface area (Å²) in [6.07, 6.45) is 34.3. The molecule has 5 aliphatic carbocycles. The lowest BCUT2D eigenvalue weighted by Gasteiger charge is -2.50. The van der Waals surface area contributed by atoms with Gasteiger partial charge in [-0.15, -0.1) is 0 Å². The third kappa shape index (κ3) is 29.3. The number of alkyl halides is 2. The van der Waals surface area contributed by atoms with Gasteiger partial charge in [0, 0.05) is 42.0 Å². The molecule has 0 amide bonds. The summed E-state index contributed by atoms with van der Waals surface area (Å²) >= 11 is 0. The Morgan fingerprint density at radius 2 is 0.368 bits per heavy atom. The molecule has 0 N–H and O–H groups in total. The van der Waals surface area contributed by atoms with Gasteiger partial charge in [-0.2, -0.15) is 0 Å². The molecule has 11 aromatic carbocycles. The van der Waals surface area contributed by atoms with Gasteiger partial charge >= 0.3 is 0 Å². The van der Waals surface area contributed by atoms with Crippen LogP contribution in [0.15, 0.2) is 334 Å². The minimum absolute atomic E-state index is 0.00347. The van der Waals surface area contributed by atoms with E-state index in [0.717, 1.165) is 39.0 Å². The third-order valence-corrected chi connectivity index (χ3v) is 39.1. The van der Waals surface area contributed by atoms with Crippen LogP contribution in [-0.2, 0) is 32.5 Å². The number of halogens is 2. The van der Waals surface area contributed by atoms with Crippen LogP contribution in [0, 0.1) is 59.6 Å². The van der Waals surface area contributed by atoms with Gasteiger partial charge in [0.25, 0.3) is 5.92 Å². The van der Waals surface area contributed by atoms with E-state index in [1.54, 1.807) is 6.92 Å². The Balaban J connectivity index is 0.000000204. The van der Waals surface area contributed by atoms with Crippen molar-refractivity contribution in [2.45, 2.75) is 426 Å². The first-order chi connectivity index (χ1) is 68.8. The van der Waals surface area contributed by atoms with Crippen LogP contribution in [0.2, 0.25) is 0 Å². The van der Waals surface area contributed by atoms with Gasteiger partial charge in [-0.25, -0.2) is 8.78 Å². The number of benzene rings is 11. The Labute approximate surface area is 887 Å². The summed E-state index contributed by atoms with van der Waals surface area (Å²) in [6, 6.07) is 120. The van der Waals surface area contributed by atoms with Gasteiger partial charge in [-0.3, -0.25) is 0 Å². The van der Waals surface area contributed by atoms with E-state index >= 15 is 0 Å². The van der Waals surface area contributed by atoms with Crippen molar-refractivity contribution in [1.82, 2.24) is 0 Å². The van der Waals surface area contributed by atoms with E-state index in [-0.39, 0.29) is 54.1 Å². The van der Waals surface area contributed by atoms with Crippen LogP contribution in [0.5, 0.6) is 0 Å². The molecule has 0 spiro atoms. The van der Waals surface area contributed by atoms with Crippen LogP contribution in [0.3, 0.4) is 0 Å². The lowest BCUT2D eigenvalue weighted by molar-refractivity contribution is -0.114. The van der Waals surface area contributed by atoms with E-state index in [2.05, 4.69) is 514 Å². The van der Waals surface area contributed by atoms with E-state index in [0.29, 0.717) is 39.9 Å². The van der Waals surface area contributed by atoms with E-state index in [1.807, 2.05) is 13.8 Å². The molecule has 0 nitrogen and oxygen atoms in total. The van der Waals surface area contributed by atoms with Crippen molar-refractivity contribution in [3.05, 3.63) is 395 Å². The van der Waals surface area contributed by atoms with E-state index in [4.69, 9.17) is 4.11 Å². The Morgan fingerprint density at radius 1 is 0.201 bits per heavy atom. The van der Waals surface area contributed by atoms with E-state index in [1.165, 1.54) is 190 Å². The summed E-state index contributed by atoms with van der Waals surface area (Å²) in [5.41, 5.74) is 17.1. The van der Waals surface area contributed by atoms with Crippen LogP contribution < -0.4 is 0 Å². The average molecular weight is 1950 g/mol. The van der Waals surface area contributed by atoms with E-state index < -0.39 is 23.6 Å². The molecule has 0 aromatic heterocycles.